The number of amides is 1. The van der Waals surface area contributed by atoms with Gasteiger partial charge in [-0.15, -0.1) is 0 Å². The standard InChI is InChI=1S/C12H23BrN2O/c1-14(12(16)6-2-3-7-13)10-11-15-8-4-5-9-15/h2-11H2,1H3. The number of likely N-dealkylation sites (N-methyl/N-ethyl adjacent to an activating group) is 1. The van der Waals surface area contributed by atoms with Crippen LogP contribution in [0.25, 0.3) is 0 Å². The first-order chi connectivity index (χ1) is 7.74. The monoisotopic (exact) mass is 290 g/mol. The first kappa shape index (κ1) is 14.0. The minimum atomic E-state index is 0.292. The van der Waals surface area contributed by atoms with Crippen molar-refractivity contribution in [3.63, 3.8) is 0 Å². The van der Waals surface area contributed by atoms with Crippen molar-refractivity contribution >= 4 is 21.8 Å². The van der Waals surface area contributed by atoms with Crippen LogP contribution in [0.5, 0.6) is 0 Å². The van der Waals surface area contributed by atoms with Gasteiger partial charge >= 0.3 is 0 Å². The summed E-state index contributed by atoms with van der Waals surface area (Å²) in [5.74, 6) is 0.292. The molecule has 0 unspecified atom stereocenters. The van der Waals surface area contributed by atoms with Crippen LogP contribution in [0, 0.1) is 0 Å². The lowest BCUT2D eigenvalue weighted by molar-refractivity contribution is -0.130. The second kappa shape index (κ2) is 8.07. The third-order valence-electron chi connectivity index (χ3n) is 3.15. The van der Waals surface area contributed by atoms with Crippen LogP contribution in [0.2, 0.25) is 0 Å². The number of unbranched alkanes of at least 4 members (excludes halogenated alkanes) is 1. The van der Waals surface area contributed by atoms with E-state index in [1.54, 1.807) is 0 Å². The van der Waals surface area contributed by atoms with E-state index in [1.807, 2.05) is 11.9 Å². The molecule has 3 nitrogen and oxygen atoms in total. The Hall–Kier alpha value is -0.0900. The van der Waals surface area contributed by atoms with Crippen LogP contribution in [0.3, 0.4) is 0 Å². The summed E-state index contributed by atoms with van der Waals surface area (Å²) in [7, 11) is 1.92. The van der Waals surface area contributed by atoms with E-state index in [1.165, 1.54) is 25.9 Å². The number of hydrogen-bond donors (Lipinski definition) is 0. The number of hydrogen-bond acceptors (Lipinski definition) is 2. The summed E-state index contributed by atoms with van der Waals surface area (Å²) in [6, 6.07) is 0. The van der Waals surface area contributed by atoms with Crippen LogP contribution in [0.15, 0.2) is 0 Å². The van der Waals surface area contributed by atoms with E-state index >= 15 is 0 Å². The number of halogens is 1. The third-order valence-corrected chi connectivity index (χ3v) is 3.71. The number of carbonyl (C=O) groups is 1. The molecule has 0 aliphatic carbocycles. The number of carbonyl (C=O) groups excluding carboxylic acids is 1. The summed E-state index contributed by atoms with van der Waals surface area (Å²) < 4.78 is 0. The average Bonchev–Trinajstić information content (AvgIpc) is 2.79. The molecule has 0 bridgehead atoms. The normalized spacial score (nSPS) is 16.6. The molecule has 0 aromatic rings. The predicted molar refractivity (Wildman–Crippen MR) is 71.0 cm³/mol. The molecule has 1 aliphatic rings. The van der Waals surface area contributed by atoms with Gasteiger partial charge in [-0.2, -0.15) is 0 Å². The molecule has 0 saturated carbocycles. The highest BCUT2D eigenvalue weighted by atomic mass is 79.9. The van der Waals surface area contributed by atoms with Crippen molar-refractivity contribution in [1.29, 1.82) is 0 Å². The maximum Gasteiger partial charge on any atom is 0.222 e. The van der Waals surface area contributed by atoms with Gasteiger partial charge in [-0.3, -0.25) is 4.79 Å². The Balaban J connectivity index is 2.07. The van der Waals surface area contributed by atoms with Gasteiger partial charge in [0.2, 0.25) is 5.91 Å². The van der Waals surface area contributed by atoms with Crippen molar-refractivity contribution in [2.24, 2.45) is 0 Å². The second-order valence-electron chi connectivity index (χ2n) is 4.51. The number of alkyl halides is 1. The highest BCUT2D eigenvalue weighted by Gasteiger charge is 2.13. The highest BCUT2D eigenvalue weighted by Crippen LogP contribution is 2.07. The first-order valence-electron chi connectivity index (χ1n) is 6.26. The molecule has 0 aromatic heterocycles. The maximum absolute atomic E-state index is 11.7. The lowest BCUT2D eigenvalue weighted by Gasteiger charge is -2.21. The van der Waals surface area contributed by atoms with Gasteiger partial charge in [0.15, 0.2) is 0 Å². The quantitative estimate of drug-likeness (QED) is 0.530. The zero-order chi connectivity index (χ0) is 11.8. The summed E-state index contributed by atoms with van der Waals surface area (Å²) in [5, 5.41) is 0.998. The molecule has 0 spiro atoms. The summed E-state index contributed by atoms with van der Waals surface area (Å²) >= 11 is 3.38. The second-order valence-corrected chi connectivity index (χ2v) is 5.30. The largest absolute Gasteiger partial charge is 0.344 e. The predicted octanol–water partition coefficient (Wildman–Crippen LogP) is 2.11. The lowest BCUT2D eigenvalue weighted by atomic mass is 10.2. The van der Waals surface area contributed by atoms with Crippen molar-refractivity contribution in [2.45, 2.75) is 32.1 Å². The Bertz CT molecular complexity index is 205. The van der Waals surface area contributed by atoms with E-state index in [0.29, 0.717) is 12.3 Å². The topological polar surface area (TPSA) is 23.6 Å². The fraction of sp³-hybridized carbons (Fsp3) is 0.917. The van der Waals surface area contributed by atoms with Crippen LogP contribution in [-0.4, -0.2) is 54.3 Å². The van der Waals surface area contributed by atoms with E-state index in [-0.39, 0.29) is 0 Å². The minimum absolute atomic E-state index is 0.292. The summed E-state index contributed by atoms with van der Waals surface area (Å²) in [5.41, 5.74) is 0. The minimum Gasteiger partial charge on any atom is -0.344 e. The molecule has 94 valence electrons. The van der Waals surface area contributed by atoms with Gasteiger partial charge in [-0.05, 0) is 38.8 Å². The Morgan fingerprint density at radius 3 is 2.62 bits per heavy atom. The summed E-state index contributed by atoms with van der Waals surface area (Å²) in [6.07, 6.45) is 5.43. The fourth-order valence-electron chi connectivity index (χ4n) is 1.98. The van der Waals surface area contributed by atoms with Crippen LogP contribution in [-0.2, 0) is 4.79 Å². The molecule has 0 aromatic carbocycles. The van der Waals surface area contributed by atoms with E-state index < -0.39 is 0 Å². The van der Waals surface area contributed by atoms with E-state index in [4.69, 9.17) is 0 Å². The fourth-order valence-corrected chi connectivity index (χ4v) is 2.38. The van der Waals surface area contributed by atoms with E-state index in [9.17, 15) is 4.79 Å². The van der Waals surface area contributed by atoms with Crippen LogP contribution in [0.1, 0.15) is 32.1 Å². The Kier molecular flexibility index (Phi) is 7.05. The Morgan fingerprint density at radius 1 is 1.31 bits per heavy atom. The molecule has 16 heavy (non-hydrogen) atoms. The molecule has 1 heterocycles. The molecule has 1 aliphatic heterocycles. The van der Waals surface area contributed by atoms with Crippen molar-refractivity contribution < 1.29 is 4.79 Å². The molecule has 0 atom stereocenters. The molecule has 4 heteroatoms. The lowest BCUT2D eigenvalue weighted by Crippen LogP contribution is -2.35. The van der Waals surface area contributed by atoms with Gasteiger partial charge in [0.1, 0.15) is 0 Å². The first-order valence-corrected chi connectivity index (χ1v) is 7.38. The molecule has 1 rings (SSSR count). The Morgan fingerprint density at radius 2 is 2.00 bits per heavy atom. The van der Waals surface area contributed by atoms with Crippen molar-refractivity contribution in [1.82, 2.24) is 9.80 Å². The molecular formula is C12H23BrN2O. The zero-order valence-electron chi connectivity index (χ0n) is 10.3. The van der Waals surface area contributed by atoms with Crippen molar-refractivity contribution in [3.8, 4) is 0 Å². The van der Waals surface area contributed by atoms with E-state index in [2.05, 4.69) is 20.8 Å². The average molecular weight is 291 g/mol. The smallest absolute Gasteiger partial charge is 0.222 e. The van der Waals surface area contributed by atoms with Gasteiger partial charge in [0, 0.05) is 31.9 Å². The van der Waals surface area contributed by atoms with Gasteiger partial charge in [0.05, 0.1) is 0 Å². The van der Waals surface area contributed by atoms with Crippen LogP contribution < -0.4 is 0 Å². The zero-order valence-corrected chi connectivity index (χ0v) is 11.8. The van der Waals surface area contributed by atoms with Crippen LogP contribution >= 0.6 is 15.9 Å². The maximum atomic E-state index is 11.7. The third kappa shape index (κ3) is 5.30. The Labute approximate surface area is 107 Å². The summed E-state index contributed by atoms with van der Waals surface area (Å²) in [6.45, 7) is 4.35. The highest BCUT2D eigenvalue weighted by molar-refractivity contribution is 9.09. The van der Waals surface area contributed by atoms with Crippen molar-refractivity contribution in [2.75, 3.05) is 38.6 Å². The molecule has 0 radical (unpaired) electrons. The number of rotatable bonds is 7. The number of likely N-dealkylation sites (tertiary alicyclic amines) is 1. The molecular weight excluding hydrogens is 268 g/mol. The van der Waals surface area contributed by atoms with E-state index in [0.717, 1.165) is 31.3 Å². The van der Waals surface area contributed by atoms with Gasteiger partial charge < -0.3 is 9.80 Å². The van der Waals surface area contributed by atoms with Gasteiger partial charge in [-0.25, -0.2) is 0 Å². The van der Waals surface area contributed by atoms with Gasteiger partial charge in [-0.1, -0.05) is 15.9 Å². The molecule has 1 saturated heterocycles. The molecule has 1 fully saturated rings. The SMILES string of the molecule is CN(CCN1CCCC1)C(=O)CCCCBr. The van der Waals surface area contributed by atoms with Gasteiger partial charge in [0.25, 0.3) is 0 Å². The number of nitrogens with zero attached hydrogens (tertiary/aromatic N) is 2. The molecule has 0 N–H and O–H groups in total. The summed E-state index contributed by atoms with van der Waals surface area (Å²) in [4.78, 5) is 16.0. The van der Waals surface area contributed by atoms with Crippen LogP contribution in [0.4, 0.5) is 0 Å². The van der Waals surface area contributed by atoms with Crippen molar-refractivity contribution in [3.05, 3.63) is 0 Å². The molecule has 1 amide bonds.